The first kappa shape index (κ1) is 15.0. The van der Waals surface area contributed by atoms with Gasteiger partial charge in [0.1, 0.15) is 5.54 Å². The number of likely N-dealkylation sites (N-methyl/N-ethyl adjacent to an activating group) is 1. The van der Waals surface area contributed by atoms with Crippen molar-refractivity contribution in [2.24, 2.45) is 0 Å². The fourth-order valence-electron chi connectivity index (χ4n) is 1.99. The average Bonchev–Trinajstić information content (AvgIpc) is 2.59. The Kier molecular flexibility index (Phi) is 4.76. The normalized spacial score (nSPS) is 16.3. The second kappa shape index (κ2) is 5.71. The number of carboxylic acid groups (broad SMARTS) is 1. The SMILES string of the molecule is CCNC(C)(CC(C)n1cc(Cl)c(C)n1)C(=O)O. The van der Waals surface area contributed by atoms with Gasteiger partial charge in [0.15, 0.2) is 0 Å². The molecule has 0 fully saturated rings. The Balaban J connectivity index is 2.84. The molecule has 0 aliphatic carbocycles. The number of aryl methyl sites for hydroxylation is 1. The summed E-state index contributed by atoms with van der Waals surface area (Å²) in [4.78, 5) is 11.3. The molecule has 0 saturated heterocycles. The molecule has 0 saturated carbocycles. The quantitative estimate of drug-likeness (QED) is 0.834. The van der Waals surface area contributed by atoms with Crippen LogP contribution in [-0.4, -0.2) is 32.9 Å². The van der Waals surface area contributed by atoms with Crippen molar-refractivity contribution in [3.8, 4) is 0 Å². The molecule has 1 aromatic heterocycles. The fraction of sp³-hybridized carbons (Fsp3) is 0.667. The Bertz CT molecular complexity index is 413. The first-order chi connectivity index (χ1) is 8.30. The van der Waals surface area contributed by atoms with E-state index in [1.807, 2.05) is 20.8 Å². The van der Waals surface area contributed by atoms with E-state index >= 15 is 0 Å². The minimum atomic E-state index is -0.958. The summed E-state index contributed by atoms with van der Waals surface area (Å²) in [6, 6.07) is -0.0450. The van der Waals surface area contributed by atoms with Crippen molar-refractivity contribution >= 4 is 17.6 Å². The number of carboxylic acids is 1. The zero-order chi connectivity index (χ0) is 13.9. The van der Waals surface area contributed by atoms with Crippen molar-refractivity contribution in [3.63, 3.8) is 0 Å². The standard InChI is InChI=1S/C12H20ClN3O2/c1-5-14-12(4,11(17)18)6-8(2)16-7-10(13)9(3)15-16/h7-8,14H,5-6H2,1-4H3,(H,17,18). The summed E-state index contributed by atoms with van der Waals surface area (Å²) in [5.74, 6) is -0.855. The Labute approximate surface area is 112 Å². The molecule has 0 spiro atoms. The third-order valence-corrected chi connectivity index (χ3v) is 3.42. The molecule has 0 aromatic carbocycles. The molecule has 2 N–H and O–H groups in total. The first-order valence-corrected chi connectivity index (χ1v) is 6.37. The summed E-state index contributed by atoms with van der Waals surface area (Å²) in [6.45, 7) is 7.94. The number of rotatable bonds is 6. The van der Waals surface area contributed by atoms with E-state index in [4.69, 9.17) is 11.6 Å². The summed E-state index contributed by atoms with van der Waals surface area (Å²) >= 11 is 5.95. The van der Waals surface area contributed by atoms with E-state index in [1.54, 1.807) is 17.8 Å². The molecule has 1 aromatic rings. The predicted molar refractivity (Wildman–Crippen MR) is 71.0 cm³/mol. The average molecular weight is 274 g/mol. The van der Waals surface area contributed by atoms with Crippen LogP contribution in [0.4, 0.5) is 0 Å². The lowest BCUT2D eigenvalue weighted by Gasteiger charge is -2.28. The van der Waals surface area contributed by atoms with Crippen molar-refractivity contribution < 1.29 is 9.90 Å². The van der Waals surface area contributed by atoms with E-state index in [1.165, 1.54) is 0 Å². The van der Waals surface area contributed by atoms with Crippen LogP contribution in [0.25, 0.3) is 0 Å². The molecular formula is C12H20ClN3O2. The van der Waals surface area contributed by atoms with Gasteiger partial charge in [-0.15, -0.1) is 0 Å². The van der Waals surface area contributed by atoms with Crippen molar-refractivity contribution in [2.75, 3.05) is 6.54 Å². The van der Waals surface area contributed by atoms with E-state index < -0.39 is 11.5 Å². The third-order valence-electron chi connectivity index (χ3n) is 3.05. The van der Waals surface area contributed by atoms with Gasteiger partial charge in [0, 0.05) is 6.20 Å². The second-order valence-electron chi connectivity index (χ2n) is 4.76. The molecule has 102 valence electrons. The summed E-state index contributed by atoms with van der Waals surface area (Å²) in [7, 11) is 0. The van der Waals surface area contributed by atoms with E-state index in [-0.39, 0.29) is 6.04 Å². The maximum absolute atomic E-state index is 11.3. The Morgan fingerprint density at radius 3 is 2.72 bits per heavy atom. The van der Waals surface area contributed by atoms with Crippen LogP contribution in [0.2, 0.25) is 5.02 Å². The number of hydrogen-bond acceptors (Lipinski definition) is 3. The van der Waals surface area contributed by atoms with Gasteiger partial charge in [-0.1, -0.05) is 18.5 Å². The summed E-state index contributed by atoms with van der Waals surface area (Å²) in [5, 5.41) is 17.2. The molecule has 1 heterocycles. The van der Waals surface area contributed by atoms with E-state index in [0.29, 0.717) is 18.0 Å². The number of nitrogens with zero attached hydrogens (tertiary/aromatic N) is 2. The number of hydrogen-bond donors (Lipinski definition) is 2. The van der Waals surface area contributed by atoms with Gasteiger partial charge in [-0.2, -0.15) is 5.10 Å². The highest BCUT2D eigenvalue weighted by molar-refractivity contribution is 6.31. The zero-order valence-electron chi connectivity index (χ0n) is 11.2. The van der Waals surface area contributed by atoms with Crippen molar-refractivity contribution in [3.05, 3.63) is 16.9 Å². The van der Waals surface area contributed by atoms with Gasteiger partial charge >= 0.3 is 5.97 Å². The highest BCUT2D eigenvalue weighted by Crippen LogP contribution is 2.23. The summed E-state index contributed by atoms with van der Waals surface area (Å²) in [5.41, 5.74) is -0.204. The van der Waals surface area contributed by atoms with Crippen LogP contribution >= 0.6 is 11.6 Å². The number of nitrogens with one attached hydrogen (secondary N) is 1. The lowest BCUT2D eigenvalue weighted by Crippen LogP contribution is -2.50. The minimum absolute atomic E-state index is 0.0450. The largest absolute Gasteiger partial charge is 0.480 e. The molecule has 6 heteroatoms. The van der Waals surface area contributed by atoms with E-state index in [0.717, 1.165) is 5.69 Å². The monoisotopic (exact) mass is 273 g/mol. The van der Waals surface area contributed by atoms with E-state index in [2.05, 4.69) is 10.4 Å². The Hall–Kier alpha value is -1.07. The zero-order valence-corrected chi connectivity index (χ0v) is 12.0. The van der Waals surface area contributed by atoms with Crippen LogP contribution in [0, 0.1) is 6.92 Å². The lowest BCUT2D eigenvalue weighted by atomic mass is 9.93. The van der Waals surface area contributed by atoms with Gasteiger partial charge < -0.3 is 10.4 Å². The van der Waals surface area contributed by atoms with Crippen LogP contribution in [0.1, 0.15) is 38.9 Å². The maximum atomic E-state index is 11.3. The highest BCUT2D eigenvalue weighted by Gasteiger charge is 2.34. The molecule has 0 aliphatic heterocycles. The predicted octanol–water partition coefficient (Wildman–Crippen LogP) is 2.25. The molecular weight excluding hydrogens is 254 g/mol. The number of aromatic nitrogens is 2. The van der Waals surface area contributed by atoms with Crippen molar-refractivity contribution in [1.29, 1.82) is 0 Å². The molecule has 0 bridgehead atoms. The molecule has 5 nitrogen and oxygen atoms in total. The molecule has 2 unspecified atom stereocenters. The fourth-order valence-corrected chi connectivity index (χ4v) is 2.13. The van der Waals surface area contributed by atoms with Crippen molar-refractivity contribution in [1.82, 2.24) is 15.1 Å². The van der Waals surface area contributed by atoms with Crippen molar-refractivity contribution in [2.45, 2.75) is 45.7 Å². The number of halogens is 1. The highest BCUT2D eigenvalue weighted by atomic mass is 35.5. The lowest BCUT2D eigenvalue weighted by molar-refractivity contribution is -0.144. The molecule has 0 aliphatic rings. The summed E-state index contributed by atoms with van der Waals surface area (Å²) in [6.07, 6.45) is 2.17. The van der Waals surface area contributed by atoms with Gasteiger partial charge in [-0.25, -0.2) is 0 Å². The third kappa shape index (κ3) is 3.23. The van der Waals surface area contributed by atoms with Gasteiger partial charge in [-0.05, 0) is 33.7 Å². The van der Waals surface area contributed by atoms with Gasteiger partial charge in [0.25, 0.3) is 0 Å². The smallest absolute Gasteiger partial charge is 0.323 e. The van der Waals surface area contributed by atoms with Gasteiger partial charge in [0.2, 0.25) is 0 Å². The van der Waals surface area contributed by atoms with Crippen LogP contribution in [0.15, 0.2) is 6.20 Å². The Morgan fingerprint density at radius 2 is 2.33 bits per heavy atom. The van der Waals surface area contributed by atoms with Crippen LogP contribution in [0.3, 0.4) is 0 Å². The second-order valence-corrected chi connectivity index (χ2v) is 5.17. The molecule has 18 heavy (non-hydrogen) atoms. The molecule has 2 atom stereocenters. The van der Waals surface area contributed by atoms with E-state index in [9.17, 15) is 9.90 Å². The minimum Gasteiger partial charge on any atom is -0.480 e. The maximum Gasteiger partial charge on any atom is 0.323 e. The molecule has 1 rings (SSSR count). The number of carbonyl (C=O) groups is 1. The summed E-state index contributed by atoms with van der Waals surface area (Å²) < 4.78 is 1.72. The van der Waals surface area contributed by atoms with Gasteiger partial charge in [-0.3, -0.25) is 9.48 Å². The van der Waals surface area contributed by atoms with Crippen LogP contribution in [-0.2, 0) is 4.79 Å². The molecule has 0 radical (unpaired) electrons. The van der Waals surface area contributed by atoms with Crippen LogP contribution in [0.5, 0.6) is 0 Å². The van der Waals surface area contributed by atoms with Crippen LogP contribution < -0.4 is 5.32 Å². The molecule has 0 amide bonds. The topological polar surface area (TPSA) is 67.2 Å². The number of aliphatic carboxylic acids is 1. The first-order valence-electron chi connectivity index (χ1n) is 6.00. The van der Waals surface area contributed by atoms with Gasteiger partial charge in [0.05, 0.1) is 16.8 Å². The Morgan fingerprint density at radius 1 is 1.72 bits per heavy atom.